The summed E-state index contributed by atoms with van der Waals surface area (Å²) in [6.07, 6.45) is 6.19. The van der Waals surface area contributed by atoms with Gasteiger partial charge in [-0.2, -0.15) is 0 Å². The minimum atomic E-state index is -0.241. The highest BCUT2D eigenvalue weighted by Gasteiger charge is 2.51. The van der Waals surface area contributed by atoms with Crippen LogP contribution in [0.1, 0.15) is 39.0 Å². The van der Waals surface area contributed by atoms with Crippen molar-refractivity contribution in [3.05, 3.63) is 0 Å². The molecule has 0 saturated heterocycles. The summed E-state index contributed by atoms with van der Waals surface area (Å²) in [5.41, 5.74) is 0. The maximum absolute atomic E-state index is 12.3. The van der Waals surface area contributed by atoms with Crippen LogP contribution in [0, 0.1) is 29.6 Å². The van der Waals surface area contributed by atoms with Crippen LogP contribution in [0.5, 0.6) is 0 Å². The van der Waals surface area contributed by atoms with Gasteiger partial charge >= 0.3 is 5.97 Å². The van der Waals surface area contributed by atoms with Gasteiger partial charge in [-0.15, -0.1) is 0 Å². The van der Waals surface area contributed by atoms with Crippen LogP contribution < -0.4 is 0 Å². The minimum Gasteiger partial charge on any atom is -0.463 e. The molecule has 4 rings (SSSR count). The van der Waals surface area contributed by atoms with Crippen molar-refractivity contribution >= 4 is 5.97 Å². The quantitative estimate of drug-likeness (QED) is 0.427. The van der Waals surface area contributed by atoms with E-state index in [1.54, 1.807) is 7.11 Å². The summed E-state index contributed by atoms with van der Waals surface area (Å²) in [7, 11) is 1.60. The van der Waals surface area contributed by atoms with Gasteiger partial charge in [0.15, 0.2) is 6.29 Å². The van der Waals surface area contributed by atoms with Gasteiger partial charge in [0.1, 0.15) is 6.61 Å². The Balaban J connectivity index is 1.46. The van der Waals surface area contributed by atoms with E-state index in [0.29, 0.717) is 25.0 Å². The summed E-state index contributed by atoms with van der Waals surface area (Å²) in [5, 5.41) is 0. The number of methoxy groups -OCH3 is 1. The molecule has 4 heteroatoms. The van der Waals surface area contributed by atoms with Gasteiger partial charge in [0.25, 0.3) is 0 Å². The van der Waals surface area contributed by atoms with Crippen molar-refractivity contribution < 1.29 is 19.0 Å². The Morgan fingerprint density at radius 2 is 1.65 bits per heavy atom. The number of ether oxygens (including phenoxy) is 3. The molecule has 1 unspecified atom stereocenters. The molecular formula is C16H26O4. The van der Waals surface area contributed by atoms with Gasteiger partial charge in [-0.3, -0.25) is 4.79 Å². The lowest BCUT2D eigenvalue weighted by atomic mass is 9.52. The molecule has 4 saturated carbocycles. The zero-order valence-corrected chi connectivity index (χ0v) is 12.5. The SMILES string of the molecule is COC(C)OCCOC(=O)C1C2CC3CC(C2)CC1C3. The van der Waals surface area contributed by atoms with Crippen LogP contribution in [0.25, 0.3) is 0 Å². The zero-order chi connectivity index (χ0) is 14.1. The lowest BCUT2D eigenvalue weighted by molar-refractivity contribution is -0.168. The first-order chi connectivity index (χ1) is 9.67. The van der Waals surface area contributed by atoms with Crippen LogP contribution in [-0.2, 0) is 19.0 Å². The van der Waals surface area contributed by atoms with E-state index in [0.717, 1.165) is 11.8 Å². The van der Waals surface area contributed by atoms with Crippen molar-refractivity contribution in [2.45, 2.75) is 45.3 Å². The van der Waals surface area contributed by atoms with E-state index in [9.17, 15) is 4.79 Å². The van der Waals surface area contributed by atoms with Crippen molar-refractivity contribution in [1.82, 2.24) is 0 Å². The number of carbonyl (C=O) groups excluding carboxylic acids is 1. The van der Waals surface area contributed by atoms with Crippen molar-refractivity contribution in [1.29, 1.82) is 0 Å². The fraction of sp³-hybridized carbons (Fsp3) is 0.938. The third-order valence-corrected chi connectivity index (χ3v) is 5.51. The van der Waals surface area contributed by atoms with Gasteiger partial charge in [0.05, 0.1) is 12.5 Å². The lowest BCUT2D eigenvalue weighted by Crippen LogP contribution is -2.48. The van der Waals surface area contributed by atoms with E-state index in [1.165, 1.54) is 32.1 Å². The maximum Gasteiger partial charge on any atom is 0.309 e. The number of rotatable bonds is 6. The molecular weight excluding hydrogens is 256 g/mol. The van der Waals surface area contributed by atoms with Crippen LogP contribution >= 0.6 is 0 Å². The Bertz CT molecular complexity index is 326. The second-order valence-electron chi connectivity index (χ2n) is 6.80. The van der Waals surface area contributed by atoms with E-state index in [4.69, 9.17) is 14.2 Å². The van der Waals surface area contributed by atoms with Crippen LogP contribution in [0.2, 0.25) is 0 Å². The Kier molecular flexibility index (Phi) is 4.32. The third-order valence-electron chi connectivity index (χ3n) is 5.51. The van der Waals surface area contributed by atoms with Gasteiger partial charge in [-0.1, -0.05) is 0 Å². The highest BCUT2D eigenvalue weighted by atomic mass is 16.7. The minimum absolute atomic E-state index is 0.0208. The average molecular weight is 282 g/mol. The monoisotopic (exact) mass is 282 g/mol. The van der Waals surface area contributed by atoms with E-state index in [2.05, 4.69) is 0 Å². The second-order valence-corrected chi connectivity index (χ2v) is 6.80. The maximum atomic E-state index is 12.3. The first kappa shape index (κ1) is 14.3. The Morgan fingerprint density at radius 1 is 1.05 bits per heavy atom. The number of hydrogen-bond donors (Lipinski definition) is 0. The summed E-state index contributed by atoms with van der Waals surface area (Å²) in [6, 6.07) is 0. The molecule has 0 aromatic carbocycles. The number of esters is 1. The van der Waals surface area contributed by atoms with Crippen LogP contribution in [0.4, 0.5) is 0 Å². The molecule has 114 valence electrons. The molecule has 1 atom stereocenters. The second kappa shape index (κ2) is 6.02. The van der Waals surface area contributed by atoms with E-state index in [-0.39, 0.29) is 18.2 Å². The fourth-order valence-corrected chi connectivity index (χ4v) is 4.83. The molecule has 0 heterocycles. The van der Waals surface area contributed by atoms with Gasteiger partial charge in [-0.25, -0.2) is 0 Å². The Hall–Kier alpha value is -0.610. The molecule has 0 aromatic rings. The van der Waals surface area contributed by atoms with Crippen molar-refractivity contribution in [3.63, 3.8) is 0 Å². The van der Waals surface area contributed by atoms with Gasteiger partial charge < -0.3 is 14.2 Å². The van der Waals surface area contributed by atoms with Gasteiger partial charge in [0, 0.05) is 7.11 Å². The summed E-state index contributed by atoms with van der Waals surface area (Å²) < 4.78 is 15.8. The third kappa shape index (κ3) is 2.86. The molecule has 0 radical (unpaired) electrons. The molecule has 0 aliphatic heterocycles. The fourth-order valence-electron chi connectivity index (χ4n) is 4.83. The summed E-state index contributed by atoms with van der Waals surface area (Å²) in [4.78, 5) is 12.3. The molecule has 0 aromatic heterocycles. The van der Waals surface area contributed by atoms with Crippen LogP contribution in [-0.4, -0.2) is 32.6 Å². The molecule has 0 amide bonds. The predicted octanol–water partition coefficient (Wildman–Crippen LogP) is 2.61. The molecule has 0 N–H and O–H groups in total. The predicted molar refractivity (Wildman–Crippen MR) is 73.9 cm³/mol. The molecule has 4 fully saturated rings. The van der Waals surface area contributed by atoms with Crippen molar-refractivity contribution in [3.8, 4) is 0 Å². The zero-order valence-electron chi connectivity index (χ0n) is 12.5. The smallest absolute Gasteiger partial charge is 0.309 e. The molecule has 4 bridgehead atoms. The van der Waals surface area contributed by atoms with Crippen molar-refractivity contribution in [2.24, 2.45) is 29.6 Å². The van der Waals surface area contributed by atoms with Gasteiger partial charge in [-0.05, 0) is 62.7 Å². The first-order valence-electron chi connectivity index (χ1n) is 7.98. The Labute approximate surface area is 121 Å². The van der Waals surface area contributed by atoms with E-state index >= 15 is 0 Å². The van der Waals surface area contributed by atoms with E-state index < -0.39 is 0 Å². The molecule has 4 aliphatic rings. The average Bonchev–Trinajstić information content (AvgIpc) is 2.42. The lowest BCUT2D eigenvalue weighted by Gasteiger charge is -2.53. The molecule has 4 aliphatic carbocycles. The molecule has 4 nitrogen and oxygen atoms in total. The first-order valence-corrected chi connectivity index (χ1v) is 7.98. The van der Waals surface area contributed by atoms with E-state index in [1.807, 2.05) is 6.92 Å². The summed E-state index contributed by atoms with van der Waals surface area (Å²) in [5.74, 6) is 3.17. The topological polar surface area (TPSA) is 44.8 Å². The highest BCUT2D eigenvalue weighted by Crippen LogP contribution is 2.56. The standard InChI is InChI=1S/C16H26O4/c1-10(18-2)19-3-4-20-16(17)15-13-6-11-5-12(8-13)9-14(15)7-11/h10-15H,3-9H2,1-2H3. The molecule has 20 heavy (non-hydrogen) atoms. The van der Waals surface area contributed by atoms with Crippen LogP contribution in [0.15, 0.2) is 0 Å². The highest BCUT2D eigenvalue weighted by molar-refractivity contribution is 5.73. The number of carbonyl (C=O) groups is 1. The largest absolute Gasteiger partial charge is 0.463 e. The van der Waals surface area contributed by atoms with Crippen molar-refractivity contribution in [2.75, 3.05) is 20.3 Å². The number of hydrogen-bond acceptors (Lipinski definition) is 4. The molecule has 0 spiro atoms. The summed E-state index contributed by atoms with van der Waals surface area (Å²) >= 11 is 0. The van der Waals surface area contributed by atoms with Gasteiger partial charge in [0.2, 0.25) is 0 Å². The van der Waals surface area contributed by atoms with Crippen LogP contribution in [0.3, 0.4) is 0 Å². The normalized spacial score (nSPS) is 39.8. The Morgan fingerprint density at radius 3 is 2.20 bits per heavy atom. The summed E-state index contributed by atoms with van der Waals surface area (Å²) in [6.45, 7) is 2.59.